The summed E-state index contributed by atoms with van der Waals surface area (Å²) in [7, 11) is 0. The average Bonchev–Trinajstić information content (AvgIpc) is 3.22. The maximum atomic E-state index is 12.5. The quantitative estimate of drug-likeness (QED) is 0.756. The van der Waals surface area contributed by atoms with Crippen LogP contribution in [0.1, 0.15) is 27.7 Å². The van der Waals surface area contributed by atoms with E-state index in [1.165, 1.54) is 5.56 Å². The fourth-order valence-electron chi connectivity index (χ4n) is 3.13. The smallest absolute Gasteiger partial charge is 0.273 e. The number of fused-ring (bicyclic) bond motifs is 1. The Hall–Kier alpha value is -2.63. The summed E-state index contributed by atoms with van der Waals surface area (Å²) in [6.07, 6.45) is 0.729. The van der Waals surface area contributed by atoms with Crippen LogP contribution in [-0.2, 0) is 6.42 Å². The molecule has 1 aromatic heterocycles. The van der Waals surface area contributed by atoms with Crippen LogP contribution < -0.4 is 11.1 Å². The number of halogens is 1. The fraction of sp³-hybridized carbons (Fsp3) is 0.158. The normalized spacial score (nSPS) is 18.3. The molecule has 0 saturated carbocycles. The summed E-state index contributed by atoms with van der Waals surface area (Å²) in [5.74, 6) is 0.300. The van der Waals surface area contributed by atoms with E-state index >= 15 is 0 Å². The predicted molar refractivity (Wildman–Crippen MR) is 97.5 cm³/mol. The number of aromatic nitrogens is 1. The molecule has 1 aliphatic rings. The minimum atomic E-state index is -0.269. The van der Waals surface area contributed by atoms with Crippen LogP contribution in [0.15, 0.2) is 65.2 Å². The van der Waals surface area contributed by atoms with Crippen molar-refractivity contribution in [2.45, 2.75) is 18.5 Å². The first-order valence-electron chi connectivity index (χ1n) is 7.89. The van der Waals surface area contributed by atoms with Crippen molar-refractivity contribution in [2.24, 2.45) is 5.73 Å². The lowest BCUT2D eigenvalue weighted by Gasteiger charge is -2.16. The Morgan fingerprint density at radius 1 is 1.12 bits per heavy atom. The molecular formula is C19H18ClN3O2. The lowest BCUT2D eigenvalue weighted by molar-refractivity contribution is 0.0924. The summed E-state index contributed by atoms with van der Waals surface area (Å²) in [6.45, 7) is 0. The lowest BCUT2D eigenvalue weighted by Crippen LogP contribution is -2.40. The Kier molecular flexibility index (Phi) is 4.88. The highest BCUT2D eigenvalue weighted by molar-refractivity contribution is 5.93. The van der Waals surface area contributed by atoms with Crippen LogP contribution >= 0.6 is 12.4 Å². The van der Waals surface area contributed by atoms with E-state index in [1.54, 1.807) is 6.07 Å². The maximum absolute atomic E-state index is 12.5. The fourth-order valence-corrected chi connectivity index (χ4v) is 3.13. The zero-order chi connectivity index (χ0) is 16.5. The second kappa shape index (κ2) is 7.09. The van der Waals surface area contributed by atoms with Crippen LogP contribution in [0, 0.1) is 0 Å². The molecule has 6 heteroatoms. The zero-order valence-corrected chi connectivity index (χ0v) is 14.2. The molecule has 0 spiro atoms. The third kappa shape index (κ3) is 3.29. The number of carbonyl (C=O) groups is 1. The van der Waals surface area contributed by atoms with E-state index in [2.05, 4.69) is 10.5 Å². The molecule has 2 atom stereocenters. The van der Waals surface area contributed by atoms with Crippen molar-refractivity contribution in [3.05, 3.63) is 77.5 Å². The molecule has 4 rings (SSSR count). The number of amides is 1. The molecule has 2 aromatic carbocycles. The van der Waals surface area contributed by atoms with Gasteiger partial charge in [0.25, 0.3) is 5.91 Å². The molecule has 1 amide bonds. The molecular weight excluding hydrogens is 338 g/mol. The zero-order valence-electron chi connectivity index (χ0n) is 13.4. The Morgan fingerprint density at radius 3 is 2.60 bits per heavy atom. The van der Waals surface area contributed by atoms with Crippen molar-refractivity contribution in [1.82, 2.24) is 10.5 Å². The van der Waals surface area contributed by atoms with E-state index in [0.717, 1.165) is 17.5 Å². The summed E-state index contributed by atoms with van der Waals surface area (Å²) in [5.41, 5.74) is 9.67. The number of hydrogen-bond acceptors (Lipinski definition) is 4. The van der Waals surface area contributed by atoms with Crippen molar-refractivity contribution in [3.8, 4) is 11.3 Å². The summed E-state index contributed by atoms with van der Waals surface area (Å²) in [5, 5.41) is 6.85. The minimum Gasteiger partial charge on any atom is -0.355 e. The number of nitrogens with one attached hydrogen (secondary N) is 1. The van der Waals surface area contributed by atoms with Crippen LogP contribution in [0.3, 0.4) is 0 Å². The van der Waals surface area contributed by atoms with Crippen molar-refractivity contribution < 1.29 is 9.32 Å². The van der Waals surface area contributed by atoms with Crippen LogP contribution in [0.2, 0.25) is 0 Å². The molecule has 1 heterocycles. The Balaban J connectivity index is 0.00000182. The van der Waals surface area contributed by atoms with Crippen LogP contribution in [-0.4, -0.2) is 17.1 Å². The second-order valence-electron chi connectivity index (χ2n) is 5.95. The molecule has 0 aliphatic heterocycles. The van der Waals surface area contributed by atoms with E-state index in [-0.39, 0.29) is 36.1 Å². The number of carbonyl (C=O) groups excluding carboxylic acids is 1. The second-order valence-corrected chi connectivity index (χ2v) is 5.95. The van der Waals surface area contributed by atoms with Gasteiger partial charge in [-0.1, -0.05) is 59.8 Å². The van der Waals surface area contributed by atoms with Crippen LogP contribution in [0.25, 0.3) is 11.3 Å². The van der Waals surface area contributed by atoms with Gasteiger partial charge >= 0.3 is 0 Å². The monoisotopic (exact) mass is 355 g/mol. The van der Waals surface area contributed by atoms with Crippen molar-refractivity contribution in [1.29, 1.82) is 0 Å². The van der Waals surface area contributed by atoms with Gasteiger partial charge in [0, 0.05) is 11.6 Å². The molecule has 0 fully saturated rings. The lowest BCUT2D eigenvalue weighted by atomic mass is 10.1. The van der Waals surface area contributed by atoms with Gasteiger partial charge in [-0.25, -0.2) is 0 Å². The summed E-state index contributed by atoms with van der Waals surface area (Å²) in [6, 6.07) is 18.9. The first-order valence-corrected chi connectivity index (χ1v) is 7.89. The van der Waals surface area contributed by atoms with E-state index in [0.29, 0.717) is 5.76 Å². The summed E-state index contributed by atoms with van der Waals surface area (Å²) < 4.78 is 5.28. The van der Waals surface area contributed by atoms with Gasteiger partial charge in [-0.05, 0) is 17.5 Å². The van der Waals surface area contributed by atoms with Gasteiger partial charge in [0.2, 0.25) is 0 Å². The number of rotatable bonds is 3. The van der Waals surface area contributed by atoms with Crippen molar-refractivity contribution >= 4 is 18.3 Å². The topological polar surface area (TPSA) is 81.1 Å². The van der Waals surface area contributed by atoms with Crippen molar-refractivity contribution in [3.63, 3.8) is 0 Å². The minimum absolute atomic E-state index is 0. The molecule has 25 heavy (non-hydrogen) atoms. The molecule has 0 bridgehead atoms. The molecule has 0 saturated heterocycles. The highest BCUT2D eigenvalue weighted by Gasteiger charge is 2.31. The van der Waals surface area contributed by atoms with Crippen molar-refractivity contribution in [2.75, 3.05) is 0 Å². The van der Waals surface area contributed by atoms with Gasteiger partial charge in [-0.15, -0.1) is 12.4 Å². The Labute approximate surface area is 151 Å². The number of nitrogens with zero attached hydrogens (tertiary/aromatic N) is 1. The van der Waals surface area contributed by atoms with Gasteiger partial charge in [-0.2, -0.15) is 0 Å². The first-order chi connectivity index (χ1) is 11.7. The number of benzene rings is 2. The number of nitrogens with two attached hydrogens (primary N) is 1. The predicted octanol–water partition coefficient (Wildman–Crippen LogP) is 3.12. The highest BCUT2D eigenvalue weighted by atomic mass is 35.5. The molecule has 0 unspecified atom stereocenters. The average molecular weight is 356 g/mol. The van der Waals surface area contributed by atoms with Gasteiger partial charge < -0.3 is 15.6 Å². The van der Waals surface area contributed by atoms with Crippen LogP contribution in [0.4, 0.5) is 0 Å². The first kappa shape index (κ1) is 17.2. The van der Waals surface area contributed by atoms with Gasteiger partial charge in [0.15, 0.2) is 11.5 Å². The maximum Gasteiger partial charge on any atom is 0.273 e. The molecule has 0 radical (unpaired) electrons. The third-order valence-electron chi connectivity index (χ3n) is 4.41. The Bertz CT molecular complexity index is 879. The molecule has 3 N–H and O–H groups in total. The third-order valence-corrected chi connectivity index (χ3v) is 4.41. The standard InChI is InChI=1S/C19H17N3O2.ClH/c20-18-14-9-5-4-8-13(14)10-15(18)21-19(23)16-11-17(24-22-16)12-6-2-1-3-7-12;/h1-9,11,15,18H,10,20H2,(H,21,23);1H/t15-,18-;/m1./s1. The SMILES string of the molecule is Cl.N[C@@H]1c2ccccc2C[C@H]1NC(=O)c1cc(-c2ccccc2)on1. The molecule has 3 aromatic rings. The molecule has 1 aliphatic carbocycles. The van der Waals surface area contributed by atoms with Gasteiger partial charge in [0.1, 0.15) is 0 Å². The number of hydrogen-bond donors (Lipinski definition) is 2. The van der Waals surface area contributed by atoms with E-state index in [1.807, 2.05) is 54.6 Å². The molecule has 5 nitrogen and oxygen atoms in total. The highest BCUT2D eigenvalue weighted by Crippen LogP contribution is 2.29. The van der Waals surface area contributed by atoms with E-state index < -0.39 is 0 Å². The largest absolute Gasteiger partial charge is 0.355 e. The van der Waals surface area contributed by atoms with E-state index in [9.17, 15) is 4.79 Å². The molecule has 128 valence electrons. The van der Waals surface area contributed by atoms with Gasteiger partial charge in [-0.3, -0.25) is 4.79 Å². The van der Waals surface area contributed by atoms with Gasteiger partial charge in [0.05, 0.1) is 12.1 Å². The summed E-state index contributed by atoms with van der Waals surface area (Å²) in [4.78, 5) is 12.5. The Morgan fingerprint density at radius 2 is 1.84 bits per heavy atom. The van der Waals surface area contributed by atoms with E-state index in [4.69, 9.17) is 10.3 Å². The van der Waals surface area contributed by atoms with Crippen LogP contribution in [0.5, 0.6) is 0 Å². The summed E-state index contributed by atoms with van der Waals surface area (Å²) >= 11 is 0.